The number of halogens is 2. The molecule has 0 aliphatic carbocycles. The van der Waals surface area contributed by atoms with E-state index in [1.807, 2.05) is 31.2 Å². The summed E-state index contributed by atoms with van der Waals surface area (Å²) in [7, 11) is 0. The predicted octanol–water partition coefficient (Wildman–Crippen LogP) is 5.14. The molecule has 1 aromatic heterocycles. The van der Waals surface area contributed by atoms with Crippen LogP contribution in [0.3, 0.4) is 0 Å². The molecule has 0 N–H and O–H groups in total. The highest BCUT2D eigenvalue weighted by Crippen LogP contribution is 2.27. The zero-order chi connectivity index (χ0) is 23.5. The summed E-state index contributed by atoms with van der Waals surface area (Å²) in [4.78, 5) is 21.0. The Labute approximate surface area is 193 Å². The molecule has 4 rings (SSSR count). The van der Waals surface area contributed by atoms with Crippen LogP contribution in [0.4, 0.5) is 8.78 Å². The Hall–Kier alpha value is -2.80. The first-order chi connectivity index (χ1) is 15.8. The Kier molecular flexibility index (Phi) is 7.08. The smallest absolute Gasteiger partial charge is 0.272 e. The molecule has 5 nitrogen and oxygen atoms in total. The van der Waals surface area contributed by atoms with Gasteiger partial charge in [-0.3, -0.25) is 9.36 Å². The molecule has 2 heterocycles. The Balaban J connectivity index is 1.80. The second-order valence-electron chi connectivity index (χ2n) is 9.14. The molecule has 1 saturated heterocycles. The molecule has 0 bridgehead atoms. The lowest BCUT2D eigenvalue weighted by Crippen LogP contribution is -2.42. The first-order valence-electron chi connectivity index (χ1n) is 11.6. The van der Waals surface area contributed by atoms with E-state index in [2.05, 4.69) is 18.7 Å². The van der Waals surface area contributed by atoms with E-state index >= 15 is 0 Å². The number of aryl methyl sites for hydroxylation is 1. The molecule has 0 radical (unpaired) electrons. The fourth-order valence-corrected chi connectivity index (χ4v) is 4.62. The lowest BCUT2D eigenvalue weighted by molar-refractivity contribution is 0.0820. The molecule has 0 spiro atoms. The van der Waals surface area contributed by atoms with E-state index in [0.717, 1.165) is 37.1 Å². The average Bonchev–Trinajstić information content (AvgIpc) is 2.80. The third-order valence-electron chi connectivity index (χ3n) is 6.41. The lowest BCUT2D eigenvalue weighted by Gasteiger charge is -2.36. The number of fused-ring (bicyclic) bond motifs is 1. The second-order valence-corrected chi connectivity index (χ2v) is 9.14. The summed E-state index contributed by atoms with van der Waals surface area (Å²) in [5.41, 5.74) is 2.33. The van der Waals surface area contributed by atoms with Gasteiger partial charge in [-0.2, -0.15) is 0 Å². The standard InChI is InChI=1S/C26H31F2N3O2/c1-17(2)30-12-6-8-19(14-30)15-31-25(21-9-5-4-7-18(21)3)29-23-11-10-20(33-16-24(27)28)13-22(23)26(31)32/h4-5,7,9-11,13,17,19,24H,6,8,12,14-16H2,1-3H3/t19-/m0/s1. The lowest BCUT2D eigenvalue weighted by atomic mass is 9.96. The second kappa shape index (κ2) is 10.00. The van der Waals surface area contributed by atoms with Crippen LogP contribution in [0.1, 0.15) is 32.3 Å². The summed E-state index contributed by atoms with van der Waals surface area (Å²) < 4.78 is 32.1. The maximum Gasteiger partial charge on any atom is 0.272 e. The Morgan fingerprint density at radius 1 is 1.18 bits per heavy atom. The SMILES string of the molecule is Cc1ccccc1-c1nc2ccc(OCC(F)F)cc2c(=O)n1C[C@H]1CCCN(C(C)C)C1. The monoisotopic (exact) mass is 455 g/mol. The topological polar surface area (TPSA) is 47.4 Å². The molecule has 0 amide bonds. The molecule has 0 unspecified atom stereocenters. The van der Waals surface area contributed by atoms with Crippen LogP contribution in [0.5, 0.6) is 5.75 Å². The highest BCUT2D eigenvalue weighted by atomic mass is 19.3. The number of alkyl halides is 2. The third-order valence-corrected chi connectivity index (χ3v) is 6.41. The van der Waals surface area contributed by atoms with Crippen molar-refractivity contribution in [3.05, 3.63) is 58.4 Å². The minimum absolute atomic E-state index is 0.164. The van der Waals surface area contributed by atoms with Crippen molar-refractivity contribution in [2.24, 2.45) is 5.92 Å². The van der Waals surface area contributed by atoms with E-state index in [1.54, 1.807) is 16.7 Å². The average molecular weight is 456 g/mol. The van der Waals surface area contributed by atoms with Gasteiger partial charge in [0.05, 0.1) is 10.9 Å². The fourth-order valence-electron chi connectivity index (χ4n) is 4.62. The summed E-state index contributed by atoms with van der Waals surface area (Å²) in [6.07, 6.45) is -0.420. The molecule has 176 valence electrons. The third kappa shape index (κ3) is 5.24. The normalized spacial score (nSPS) is 17.2. The van der Waals surface area contributed by atoms with Crippen molar-refractivity contribution in [3.63, 3.8) is 0 Å². The van der Waals surface area contributed by atoms with Gasteiger partial charge in [0.1, 0.15) is 18.2 Å². The van der Waals surface area contributed by atoms with Crippen LogP contribution < -0.4 is 10.3 Å². The number of ether oxygens (including phenoxy) is 1. The van der Waals surface area contributed by atoms with E-state index in [4.69, 9.17) is 9.72 Å². The predicted molar refractivity (Wildman–Crippen MR) is 127 cm³/mol. The molecular weight excluding hydrogens is 424 g/mol. The minimum Gasteiger partial charge on any atom is -0.488 e. The van der Waals surface area contributed by atoms with Crippen molar-refractivity contribution in [1.29, 1.82) is 0 Å². The fraction of sp³-hybridized carbons (Fsp3) is 0.462. The van der Waals surface area contributed by atoms with E-state index in [1.165, 1.54) is 6.07 Å². The Morgan fingerprint density at radius 3 is 2.70 bits per heavy atom. The van der Waals surface area contributed by atoms with Gasteiger partial charge in [0.2, 0.25) is 0 Å². The first-order valence-corrected chi connectivity index (χ1v) is 11.6. The molecule has 1 atom stereocenters. The highest BCUT2D eigenvalue weighted by molar-refractivity contribution is 5.81. The maximum absolute atomic E-state index is 13.7. The van der Waals surface area contributed by atoms with Crippen LogP contribution in [-0.2, 0) is 6.54 Å². The van der Waals surface area contributed by atoms with Crippen molar-refractivity contribution in [1.82, 2.24) is 14.5 Å². The molecule has 1 fully saturated rings. The summed E-state index contributed by atoms with van der Waals surface area (Å²) in [5, 5.41) is 0.385. The van der Waals surface area contributed by atoms with Gasteiger partial charge in [-0.1, -0.05) is 24.3 Å². The van der Waals surface area contributed by atoms with Gasteiger partial charge in [-0.25, -0.2) is 13.8 Å². The zero-order valence-corrected chi connectivity index (χ0v) is 19.4. The Morgan fingerprint density at radius 2 is 1.97 bits per heavy atom. The molecule has 7 heteroatoms. The number of hydrogen-bond acceptors (Lipinski definition) is 4. The number of nitrogens with zero attached hydrogens (tertiary/aromatic N) is 3. The van der Waals surface area contributed by atoms with E-state index in [9.17, 15) is 13.6 Å². The van der Waals surface area contributed by atoms with E-state index in [0.29, 0.717) is 35.2 Å². The number of likely N-dealkylation sites (tertiary alicyclic amines) is 1. The summed E-state index contributed by atoms with van der Waals surface area (Å²) in [6, 6.07) is 13.2. The molecule has 1 aliphatic rings. The van der Waals surface area contributed by atoms with Gasteiger partial charge in [0.15, 0.2) is 0 Å². The van der Waals surface area contributed by atoms with Crippen molar-refractivity contribution in [3.8, 4) is 17.1 Å². The first kappa shape index (κ1) is 23.4. The number of rotatable bonds is 7. The molecule has 0 saturated carbocycles. The van der Waals surface area contributed by atoms with Gasteiger partial charge in [0, 0.05) is 24.7 Å². The van der Waals surface area contributed by atoms with Crippen molar-refractivity contribution < 1.29 is 13.5 Å². The van der Waals surface area contributed by atoms with Gasteiger partial charge in [0.25, 0.3) is 12.0 Å². The van der Waals surface area contributed by atoms with Crippen molar-refractivity contribution in [2.45, 2.75) is 52.6 Å². The number of piperidine rings is 1. The molecular formula is C26H31F2N3O2. The summed E-state index contributed by atoms with van der Waals surface area (Å²) >= 11 is 0. The van der Waals surface area contributed by atoms with Crippen LogP contribution in [0.2, 0.25) is 0 Å². The van der Waals surface area contributed by atoms with Crippen LogP contribution in [0.15, 0.2) is 47.3 Å². The number of aromatic nitrogens is 2. The Bertz CT molecular complexity index is 1180. The molecule has 1 aliphatic heterocycles. The van der Waals surface area contributed by atoms with Gasteiger partial charge in [-0.15, -0.1) is 0 Å². The number of hydrogen-bond donors (Lipinski definition) is 0. The molecule has 2 aromatic carbocycles. The van der Waals surface area contributed by atoms with Gasteiger partial charge >= 0.3 is 0 Å². The minimum atomic E-state index is -2.57. The summed E-state index contributed by atoms with van der Waals surface area (Å²) in [5.74, 6) is 1.23. The maximum atomic E-state index is 13.7. The van der Waals surface area contributed by atoms with Crippen LogP contribution in [0, 0.1) is 12.8 Å². The van der Waals surface area contributed by atoms with Gasteiger partial charge < -0.3 is 9.64 Å². The van der Waals surface area contributed by atoms with Crippen LogP contribution >= 0.6 is 0 Å². The van der Waals surface area contributed by atoms with Crippen molar-refractivity contribution >= 4 is 10.9 Å². The molecule has 3 aromatic rings. The summed E-state index contributed by atoms with van der Waals surface area (Å²) in [6.45, 7) is 8.29. The van der Waals surface area contributed by atoms with Crippen LogP contribution in [-0.4, -0.2) is 46.6 Å². The largest absolute Gasteiger partial charge is 0.488 e. The molecule has 33 heavy (non-hydrogen) atoms. The van der Waals surface area contributed by atoms with Gasteiger partial charge in [-0.05, 0) is 69.8 Å². The van der Waals surface area contributed by atoms with Crippen molar-refractivity contribution in [2.75, 3.05) is 19.7 Å². The zero-order valence-electron chi connectivity index (χ0n) is 19.4. The highest BCUT2D eigenvalue weighted by Gasteiger charge is 2.24. The van der Waals surface area contributed by atoms with Crippen LogP contribution in [0.25, 0.3) is 22.3 Å². The quantitative estimate of drug-likeness (QED) is 0.495. The van der Waals surface area contributed by atoms with E-state index in [-0.39, 0.29) is 11.3 Å². The number of benzene rings is 2. The van der Waals surface area contributed by atoms with E-state index < -0.39 is 13.0 Å².